The maximum Gasteiger partial charge on any atom is 0.312 e. The van der Waals surface area contributed by atoms with E-state index in [4.69, 9.17) is 23.7 Å². The number of hydrogen-bond donors (Lipinski definition) is 6. The Morgan fingerprint density at radius 1 is 1.11 bits per heavy atom. The van der Waals surface area contributed by atoms with Gasteiger partial charge in [-0.3, -0.25) is 29.3 Å². The van der Waals surface area contributed by atoms with E-state index in [1.807, 2.05) is 25.9 Å². The van der Waals surface area contributed by atoms with Crippen LogP contribution in [0.1, 0.15) is 88.0 Å². The summed E-state index contributed by atoms with van der Waals surface area (Å²) in [5, 5.41) is 54.3. The fraction of sp³-hybridized carbons (Fsp3) is 0.727. The molecule has 2 aliphatic rings. The number of nitrogens with one attached hydrogen (secondary N) is 3. The van der Waals surface area contributed by atoms with Crippen LogP contribution in [0.15, 0.2) is 36.9 Å². The molecule has 0 aliphatic carbocycles. The molecule has 1 aromatic carbocycles. The quantitative estimate of drug-likeness (QED) is 0.0641. The van der Waals surface area contributed by atoms with Crippen molar-refractivity contribution in [3.05, 3.63) is 47.0 Å². The number of nitro groups is 1. The Balaban J connectivity index is 2.06. The monoisotopic (exact) mass is 893 g/mol. The van der Waals surface area contributed by atoms with E-state index >= 15 is 0 Å². The largest absolute Gasteiger partial charge is 0.461 e. The lowest BCUT2D eigenvalue weighted by Crippen LogP contribution is -2.60. The number of aliphatic hydroxyl groups excluding tert-OH is 2. The summed E-state index contributed by atoms with van der Waals surface area (Å²) in [4.78, 5) is 67.0. The van der Waals surface area contributed by atoms with Crippen LogP contribution in [0.4, 0.5) is 11.4 Å². The van der Waals surface area contributed by atoms with Crippen LogP contribution in [0.25, 0.3) is 0 Å². The number of anilines is 1. The highest BCUT2D eigenvalue weighted by atomic mass is 16.7. The number of esters is 2. The Morgan fingerprint density at radius 3 is 2.32 bits per heavy atom. The molecule has 0 saturated carbocycles. The van der Waals surface area contributed by atoms with Crippen LogP contribution in [0.5, 0.6) is 0 Å². The topological polar surface area (TPSA) is 258 Å². The lowest BCUT2D eigenvalue weighted by Gasteiger charge is -2.48. The fourth-order valence-electron chi connectivity index (χ4n) is 8.45. The third-order valence-corrected chi connectivity index (χ3v) is 12.2. The van der Waals surface area contributed by atoms with Crippen LogP contribution in [0, 0.1) is 27.9 Å². The summed E-state index contributed by atoms with van der Waals surface area (Å²) in [5.74, 6) is -6.00. The second kappa shape index (κ2) is 23.2. The van der Waals surface area contributed by atoms with Gasteiger partial charge in [-0.2, -0.15) is 0 Å². The summed E-state index contributed by atoms with van der Waals surface area (Å²) in [5.41, 5.74) is -3.26. The average molecular weight is 894 g/mol. The van der Waals surface area contributed by atoms with Crippen molar-refractivity contribution in [2.75, 3.05) is 32.6 Å². The maximum atomic E-state index is 14.2. The number of carbonyl (C=O) groups is 4. The van der Waals surface area contributed by atoms with Crippen LogP contribution in [0.2, 0.25) is 0 Å². The number of non-ortho nitro benzene ring substituents is 1. The van der Waals surface area contributed by atoms with Gasteiger partial charge in [0.25, 0.3) is 5.69 Å². The van der Waals surface area contributed by atoms with E-state index in [1.165, 1.54) is 51.1 Å². The molecule has 1 aromatic rings. The van der Waals surface area contributed by atoms with Crippen molar-refractivity contribution in [1.82, 2.24) is 15.5 Å². The lowest BCUT2D eigenvalue weighted by molar-refractivity contribution is -0.384. The molecule has 63 heavy (non-hydrogen) atoms. The number of amides is 2. The number of ether oxygens (including phenoxy) is 5. The van der Waals surface area contributed by atoms with Crippen molar-refractivity contribution in [2.45, 2.75) is 160 Å². The van der Waals surface area contributed by atoms with Gasteiger partial charge >= 0.3 is 11.9 Å². The summed E-state index contributed by atoms with van der Waals surface area (Å²) in [6, 6.07) is 3.50. The zero-order chi connectivity index (χ0) is 47.6. The molecule has 0 aromatic heterocycles. The summed E-state index contributed by atoms with van der Waals surface area (Å²) in [6.07, 6.45) is -6.22. The van der Waals surface area contributed by atoms with Crippen molar-refractivity contribution in [3.63, 3.8) is 0 Å². The van der Waals surface area contributed by atoms with Gasteiger partial charge in [-0.25, -0.2) is 0 Å². The molecule has 19 nitrogen and oxygen atoms in total. The van der Waals surface area contributed by atoms with Crippen LogP contribution in [-0.2, 0) is 42.9 Å². The lowest BCUT2D eigenvalue weighted by atomic mass is 9.78. The number of nitro benzene ring substituents is 1. The van der Waals surface area contributed by atoms with Crippen molar-refractivity contribution >= 4 is 35.1 Å². The Morgan fingerprint density at radius 2 is 1.75 bits per heavy atom. The molecule has 0 spiro atoms. The number of aliphatic hydroxyl groups is 3. The van der Waals surface area contributed by atoms with Crippen molar-refractivity contribution in [2.24, 2.45) is 17.8 Å². The second-order valence-electron chi connectivity index (χ2n) is 17.8. The minimum atomic E-state index is -2.09. The highest BCUT2D eigenvalue weighted by Gasteiger charge is 2.52. The van der Waals surface area contributed by atoms with E-state index in [-0.39, 0.29) is 50.2 Å². The summed E-state index contributed by atoms with van der Waals surface area (Å²) in [7, 11) is 3.67. The van der Waals surface area contributed by atoms with Crippen LogP contribution in [0.3, 0.4) is 0 Å². The van der Waals surface area contributed by atoms with E-state index < -0.39 is 107 Å². The van der Waals surface area contributed by atoms with Gasteiger partial charge in [-0.15, -0.1) is 6.58 Å². The predicted octanol–water partition coefficient (Wildman–Crippen LogP) is 2.84. The van der Waals surface area contributed by atoms with Crippen LogP contribution < -0.4 is 16.0 Å². The molecule has 2 saturated heterocycles. The molecule has 6 N–H and O–H groups in total. The number of hydrogen-bond acceptors (Lipinski definition) is 16. The van der Waals surface area contributed by atoms with Crippen molar-refractivity contribution in [1.29, 1.82) is 0 Å². The Hall–Kier alpha value is -4.08. The van der Waals surface area contributed by atoms with Gasteiger partial charge in [0.2, 0.25) is 11.8 Å². The summed E-state index contributed by atoms with van der Waals surface area (Å²) in [6.45, 7) is 18.3. The fourth-order valence-corrected chi connectivity index (χ4v) is 8.45. The first-order valence-corrected chi connectivity index (χ1v) is 21.7. The van der Waals surface area contributed by atoms with Gasteiger partial charge in [0.05, 0.1) is 59.7 Å². The molecule has 1 unspecified atom stereocenters. The van der Waals surface area contributed by atoms with Crippen molar-refractivity contribution < 1.29 is 63.1 Å². The first-order chi connectivity index (χ1) is 29.4. The van der Waals surface area contributed by atoms with Gasteiger partial charge in [-0.1, -0.05) is 26.8 Å². The Bertz CT molecular complexity index is 1710. The standard InChI is InChI=1S/C44H71N5O14/c1-13-21-59-43(9)23-24(3)46-39(53)28(7)37(52)44(10,56)33(14-2)61-41(55)27(6)36(26(5)38(43)63-42-35(51)32(48(11)12)22-25(4)60-42)62-34(50)19-20-45-29(8)40(54)47-30-15-17-31(18-16-30)49(57)58/h13,15-18,24-29,32-33,35-38,42,45,51-52,56H,1,14,19-23H2,2-12H3,(H,46,53)(H,47,54)/t24-,25-,26+,27-,28-,29?,32+,33-,35-,36+,37-,38-,42+,43-,44-/m1/s1. The van der Waals surface area contributed by atoms with E-state index in [0.717, 1.165) is 0 Å². The normalized spacial score (nSPS) is 35.3. The minimum absolute atomic E-state index is 0.00832. The third-order valence-electron chi connectivity index (χ3n) is 12.2. The maximum absolute atomic E-state index is 14.2. The SMILES string of the molecule is C=CCO[C@]1(C)C[C@@H](C)NC(=O)[C@H](C)[C@@H](O)[C@](C)(O)[C@@H](CC)OC(=O)[C@H](C)[C@@H](OC(=O)CCNC(C)C(=O)Nc2ccc([N+](=O)[O-])cc2)[C@H](C)[C@H]1O[C@@H]1O[C@H](C)C[C@H](N(C)C)[C@H]1O. The van der Waals surface area contributed by atoms with E-state index in [1.54, 1.807) is 34.6 Å². The zero-order valence-electron chi connectivity index (χ0n) is 38.6. The van der Waals surface area contributed by atoms with E-state index in [0.29, 0.717) is 12.1 Å². The number of rotatable bonds is 15. The molecule has 2 aliphatic heterocycles. The molecular formula is C44H71N5O14. The summed E-state index contributed by atoms with van der Waals surface area (Å²) < 4.78 is 31.6. The Kier molecular flexibility index (Phi) is 19.6. The second-order valence-corrected chi connectivity index (χ2v) is 17.8. The third kappa shape index (κ3) is 14.0. The van der Waals surface area contributed by atoms with E-state index in [9.17, 15) is 44.6 Å². The van der Waals surface area contributed by atoms with Crippen LogP contribution >= 0.6 is 0 Å². The van der Waals surface area contributed by atoms with Gasteiger partial charge in [0.15, 0.2) is 6.29 Å². The number of nitrogens with zero attached hydrogens (tertiary/aromatic N) is 2. The zero-order valence-corrected chi connectivity index (χ0v) is 38.6. The predicted molar refractivity (Wildman–Crippen MR) is 232 cm³/mol. The van der Waals surface area contributed by atoms with Crippen molar-refractivity contribution in [3.8, 4) is 0 Å². The molecular weight excluding hydrogens is 823 g/mol. The number of likely N-dealkylation sites (N-methyl/N-ethyl adjacent to an activating group) is 1. The smallest absolute Gasteiger partial charge is 0.312 e. The van der Waals surface area contributed by atoms with Crippen LogP contribution in [-0.4, -0.2) is 148 Å². The number of carbonyl (C=O) groups excluding carboxylic acids is 4. The molecule has 19 heteroatoms. The Labute approximate surface area is 370 Å². The first kappa shape index (κ1) is 53.3. The van der Waals surface area contributed by atoms with E-state index in [2.05, 4.69) is 22.5 Å². The molecule has 356 valence electrons. The van der Waals surface area contributed by atoms with Gasteiger partial charge in [0.1, 0.15) is 23.9 Å². The average Bonchev–Trinajstić information content (AvgIpc) is 3.22. The number of cyclic esters (lactones) is 1. The minimum Gasteiger partial charge on any atom is -0.461 e. The highest BCUT2D eigenvalue weighted by Crippen LogP contribution is 2.38. The first-order valence-electron chi connectivity index (χ1n) is 21.7. The molecule has 2 heterocycles. The molecule has 0 radical (unpaired) electrons. The molecule has 2 amide bonds. The number of benzene rings is 1. The molecule has 0 bridgehead atoms. The van der Waals surface area contributed by atoms with Gasteiger partial charge < -0.3 is 59.9 Å². The highest BCUT2D eigenvalue weighted by molar-refractivity contribution is 5.94. The summed E-state index contributed by atoms with van der Waals surface area (Å²) >= 11 is 0. The van der Waals surface area contributed by atoms with Gasteiger partial charge in [0, 0.05) is 42.4 Å². The molecule has 2 fully saturated rings. The molecule has 15 atom stereocenters. The van der Waals surface area contributed by atoms with Gasteiger partial charge in [-0.05, 0) is 87.0 Å². The molecule has 3 rings (SSSR count).